The maximum Gasteiger partial charge on any atom is 0.352 e. The van der Waals surface area contributed by atoms with Crippen molar-refractivity contribution in [3.63, 3.8) is 0 Å². The second-order valence-corrected chi connectivity index (χ2v) is 11.8. The third-order valence-corrected chi connectivity index (χ3v) is 9.27. The molecule has 0 aromatic carbocycles. The Morgan fingerprint density at radius 1 is 1.38 bits per heavy atom. The number of carboxylic acids is 1. The van der Waals surface area contributed by atoms with Crippen molar-refractivity contribution in [3.05, 3.63) is 34.5 Å². The van der Waals surface area contributed by atoms with E-state index in [9.17, 15) is 19.5 Å². The molecule has 3 aliphatic rings. The molecule has 2 aromatic rings. The summed E-state index contributed by atoms with van der Waals surface area (Å²) >= 11 is 3.79. The molecule has 212 valence electrons. The Morgan fingerprint density at radius 2 is 2.23 bits per heavy atom. The predicted molar refractivity (Wildman–Crippen MR) is 148 cm³/mol. The number of nitrogens with one attached hydrogen (secondary N) is 1. The number of aryl methyl sites for hydroxylation is 1. The first-order valence-corrected chi connectivity index (χ1v) is 15.2. The lowest BCUT2D eigenvalue weighted by molar-refractivity contribution is -0.150. The van der Waals surface area contributed by atoms with Gasteiger partial charge in [0.05, 0.1) is 0 Å². The van der Waals surface area contributed by atoms with E-state index in [2.05, 4.69) is 31.0 Å². The van der Waals surface area contributed by atoms with Crippen LogP contribution in [-0.4, -0.2) is 94.3 Å². The molecule has 0 spiro atoms. The molecule has 1 aliphatic carbocycles. The van der Waals surface area contributed by atoms with Gasteiger partial charge in [0, 0.05) is 23.4 Å². The van der Waals surface area contributed by atoms with Crippen molar-refractivity contribution in [3.8, 4) is 0 Å². The molecule has 1 saturated heterocycles. The van der Waals surface area contributed by atoms with Crippen LogP contribution in [0.1, 0.15) is 25.0 Å². The minimum atomic E-state index is -1.22. The van der Waals surface area contributed by atoms with E-state index < -0.39 is 29.2 Å². The van der Waals surface area contributed by atoms with Gasteiger partial charge in [-0.3, -0.25) is 14.5 Å². The molecule has 3 atom stereocenters. The summed E-state index contributed by atoms with van der Waals surface area (Å²) in [5.74, 6) is -1.80. The van der Waals surface area contributed by atoms with E-state index in [0.717, 1.165) is 24.2 Å². The second-order valence-electron chi connectivity index (χ2n) is 8.89. The van der Waals surface area contributed by atoms with E-state index in [4.69, 9.17) is 16.3 Å². The molecule has 40 heavy (non-hydrogen) atoms. The first-order valence-electron chi connectivity index (χ1n) is 12.3. The standard InChI is InChI=1S/C22H26N10O5S3/c23-6-3-7-31-22(27-29-30-31)40-9-11-8-38-19-15(18(34)32(19)16(11)20(35)36)26-17(33)14(13-10-39-21(24)25-13)28-37-12-4-1-2-5-12/h1,4,10,12,15,19H,2-3,5-9,23H2,(H2,24,25)(H,26,33)(H,35,36)/b28-14-/t12?,15?,19-/m1/s1. The van der Waals surface area contributed by atoms with Crippen LogP contribution in [0.5, 0.6) is 0 Å². The lowest BCUT2D eigenvalue weighted by Gasteiger charge is -2.49. The summed E-state index contributed by atoms with van der Waals surface area (Å²) in [4.78, 5) is 49.5. The van der Waals surface area contributed by atoms with Gasteiger partial charge in [-0.1, -0.05) is 23.0 Å². The van der Waals surface area contributed by atoms with Crippen molar-refractivity contribution >= 4 is 63.5 Å². The number of carbonyl (C=O) groups excluding carboxylic acids is 2. The van der Waals surface area contributed by atoms with Crippen molar-refractivity contribution in [2.45, 2.75) is 48.5 Å². The Hall–Kier alpha value is -3.48. The van der Waals surface area contributed by atoms with Gasteiger partial charge >= 0.3 is 5.97 Å². The molecule has 2 unspecified atom stereocenters. The third-order valence-electron chi connectivity index (χ3n) is 6.21. The largest absolute Gasteiger partial charge is 0.477 e. The first kappa shape index (κ1) is 28.1. The molecule has 4 heterocycles. The van der Waals surface area contributed by atoms with Gasteiger partial charge in [0.2, 0.25) is 5.16 Å². The number of amides is 2. The normalized spacial score (nSPS) is 22.3. The molecule has 0 bridgehead atoms. The molecule has 0 saturated carbocycles. The fourth-order valence-corrected chi connectivity index (χ4v) is 7.19. The number of rotatable bonds is 12. The molecular formula is C22H26N10O5S3. The highest BCUT2D eigenvalue weighted by atomic mass is 32.2. The van der Waals surface area contributed by atoms with Crippen LogP contribution in [0.25, 0.3) is 0 Å². The highest BCUT2D eigenvalue weighted by Crippen LogP contribution is 2.41. The number of nitrogen functional groups attached to an aromatic ring is 1. The number of carboxylic acid groups (broad SMARTS) is 1. The predicted octanol–water partition coefficient (Wildman–Crippen LogP) is 0.0308. The van der Waals surface area contributed by atoms with Crippen molar-refractivity contribution < 1.29 is 24.3 Å². The van der Waals surface area contributed by atoms with E-state index in [0.29, 0.717) is 36.0 Å². The van der Waals surface area contributed by atoms with Gasteiger partial charge < -0.3 is 26.7 Å². The Labute approximate surface area is 240 Å². The van der Waals surface area contributed by atoms with Crippen LogP contribution in [0.2, 0.25) is 0 Å². The number of hydrogen-bond donors (Lipinski definition) is 4. The van der Waals surface area contributed by atoms with Crippen LogP contribution < -0.4 is 16.8 Å². The minimum absolute atomic E-state index is 0.0924. The van der Waals surface area contributed by atoms with Gasteiger partial charge in [0.1, 0.15) is 28.9 Å². The summed E-state index contributed by atoms with van der Waals surface area (Å²) in [6.07, 6.45) is 5.84. The second kappa shape index (κ2) is 12.4. The maximum atomic E-state index is 13.2. The fraction of sp³-hybridized carbons (Fsp3) is 0.455. The zero-order chi connectivity index (χ0) is 28.2. The number of tetrazole rings is 1. The Morgan fingerprint density at radius 3 is 2.92 bits per heavy atom. The minimum Gasteiger partial charge on any atom is -0.477 e. The molecule has 2 amide bonds. The topological polar surface area (TPSA) is 217 Å². The summed E-state index contributed by atoms with van der Waals surface area (Å²) in [6, 6.07) is -0.947. The Balaban J connectivity index is 1.28. The van der Waals surface area contributed by atoms with Gasteiger partial charge in [-0.2, -0.15) is 0 Å². The Bertz CT molecular complexity index is 1390. The van der Waals surface area contributed by atoms with Crippen LogP contribution in [-0.2, 0) is 25.8 Å². The third kappa shape index (κ3) is 5.84. The number of thioether (sulfide) groups is 2. The molecular weight excluding hydrogens is 581 g/mol. The quantitative estimate of drug-likeness (QED) is 0.0825. The summed E-state index contributed by atoms with van der Waals surface area (Å²) in [6.45, 7) is 1.03. The van der Waals surface area contributed by atoms with Crippen molar-refractivity contribution in [1.82, 2.24) is 35.4 Å². The van der Waals surface area contributed by atoms with E-state index >= 15 is 0 Å². The van der Waals surface area contributed by atoms with E-state index in [1.807, 2.05) is 12.2 Å². The molecule has 5 rings (SSSR count). The van der Waals surface area contributed by atoms with Gasteiger partial charge in [-0.25, -0.2) is 14.5 Å². The summed E-state index contributed by atoms with van der Waals surface area (Å²) in [7, 11) is 0. The monoisotopic (exact) mass is 606 g/mol. The number of nitrogens with two attached hydrogens (primary N) is 2. The smallest absolute Gasteiger partial charge is 0.352 e. The van der Waals surface area contributed by atoms with Gasteiger partial charge in [-0.05, 0) is 47.9 Å². The lowest BCUT2D eigenvalue weighted by Crippen LogP contribution is -2.71. The number of hydrogen-bond acceptors (Lipinski definition) is 14. The van der Waals surface area contributed by atoms with Gasteiger partial charge in [0.15, 0.2) is 10.8 Å². The number of aromatic nitrogens is 5. The van der Waals surface area contributed by atoms with Crippen LogP contribution in [0.15, 0.2) is 39.1 Å². The zero-order valence-electron chi connectivity index (χ0n) is 21.0. The molecule has 2 aromatic heterocycles. The number of anilines is 1. The highest BCUT2D eigenvalue weighted by Gasteiger charge is 2.54. The number of allylic oxidation sites excluding steroid dienone is 1. The molecule has 1 fully saturated rings. The van der Waals surface area contributed by atoms with Crippen LogP contribution >= 0.6 is 34.9 Å². The molecule has 6 N–H and O–H groups in total. The number of fused-ring (bicyclic) bond motifs is 1. The van der Waals surface area contributed by atoms with Crippen LogP contribution in [0.4, 0.5) is 5.13 Å². The molecule has 0 radical (unpaired) electrons. The lowest BCUT2D eigenvalue weighted by atomic mass is 10.0. The molecule has 18 heteroatoms. The van der Waals surface area contributed by atoms with Crippen LogP contribution in [0, 0.1) is 0 Å². The number of aliphatic carboxylic acids is 1. The van der Waals surface area contributed by atoms with Crippen molar-refractivity contribution in [2.24, 2.45) is 10.9 Å². The number of thiazole rings is 1. The average Bonchev–Trinajstić information content (AvgIpc) is 3.71. The SMILES string of the molecule is NCCCn1nnnc1SCC1=C(C(=O)O)N2C(=O)C(NC(=O)/C(=N\OC3C=CCC3)c3csc(N)n3)[C@H]2SC1. The van der Waals surface area contributed by atoms with E-state index in [1.165, 1.54) is 28.4 Å². The van der Waals surface area contributed by atoms with Crippen molar-refractivity contribution in [2.75, 3.05) is 23.8 Å². The molecule has 15 nitrogen and oxygen atoms in total. The fourth-order valence-electron chi connectivity index (χ4n) is 4.25. The highest BCUT2D eigenvalue weighted by molar-refractivity contribution is 8.01. The van der Waals surface area contributed by atoms with Crippen LogP contribution in [0.3, 0.4) is 0 Å². The average molecular weight is 607 g/mol. The number of carbonyl (C=O) groups is 3. The van der Waals surface area contributed by atoms with Gasteiger partial charge in [-0.15, -0.1) is 28.2 Å². The summed E-state index contributed by atoms with van der Waals surface area (Å²) in [5.41, 5.74) is 11.9. The number of β-lactam (4-membered cyclic amide) rings is 1. The summed E-state index contributed by atoms with van der Waals surface area (Å²) in [5, 5.41) is 30.1. The maximum absolute atomic E-state index is 13.2. The zero-order valence-corrected chi connectivity index (χ0v) is 23.5. The van der Waals surface area contributed by atoms with Gasteiger partial charge in [0.25, 0.3) is 11.8 Å². The van der Waals surface area contributed by atoms with E-state index in [-0.39, 0.29) is 34.1 Å². The van der Waals surface area contributed by atoms with E-state index in [1.54, 1.807) is 10.1 Å². The molecule has 2 aliphatic heterocycles. The number of nitrogens with zero attached hydrogens (tertiary/aromatic N) is 7. The first-order chi connectivity index (χ1) is 19.4. The Kier molecular flexibility index (Phi) is 8.67. The van der Waals surface area contributed by atoms with Crippen molar-refractivity contribution in [1.29, 1.82) is 0 Å². The number of oxime groups is 1. The summed E-state index contributed by atoms with van der Waals surface area (Å²) < 4.78 is 1.61.